The summed E-state index contributed by atoms with van der Waals surface area (Å²) in [7, 11) is 1.64. The smallest absolute Gasteiger partial charge is 0.163 e. The van der Waals surface area contributed by atoms with Crippen LogP contribution in [0.5, 0.6) is 5.75 Å². The highest BCUT2D eigenvalue weighted by atomic mass is 79.9. The molecule has 0 amide bonds. The standard InChI is InChI=1S/C17H17BrO2/c1-12-5-3-4-6-15(12)17(19)10-8-13-7-9-14(20-2)11-16(13)18/h3-7,9,11H,8,10H2,1-2H3. The lowest BCUT2D eigenvalue weighted by Gasteiger charge is -2.08. The third kappa shape index (κ3) is 3.48. The minimum absolute atomic E-state index is 0.186. The highest BCUT2D eigenvalue weighted by molar-refractivity contribution is 9.10. The van der Waals surface area contributed by atoms with Gasteiger partial charge in [-0.3, -0.25) is 4.79 Å². The van der Waals surface area contributed by atoms with Crippen LogP contribution in [0.4, 0.5) is 0 Å². The third-order valence-corrected chi connectivity index (χ3v) is 4.07. The van der Waals surface area contributed by atoms with Crippen molar-refractivity contribution in [3.05, 3.63) is 63.6 Å². The normalized spacial score (nSPS) is 10.3. The minimum atomic E-state index is 0.186. The lowest BCUT2D eigenvalue weighted by molar-refractivity contribution is 0.0982. The Morgan fingerprint density at radius 2 is 1.95 bits per heavy atom. The summed E-state index contributed by atoms with van der Waals surface area (Å²) < 4.78 is 6.14. The van der Waals surface area contributed by atoms with Crippen LogP contribution in [0.2, 0.25) is 0 Å². The molecule has 3 heteroatoms. The Morgan fingerprint density at radius 1 is 1.20 bits per heavy atom. The summed E-state index contributed by atoms with van der Waals surface area (Å²) >= 11 is 3.52. The van der Waals surface area contributed by atoms with Gasteiger partial charge in [-0.25, -0.2) is 0 Å². The Bertz CT molecular complexity index is 620. The highest BCUT2D eigenvalue weighted by Gasteiger charge is 2.10. The molecule has 0 fully saturated rings. The van der Waals surface area contributed by atoms with Crippen LogP contribution in [0, 0.1) is 6.92 Å². The Balaban J connectivity index is 2.06. The molecule has 2 aromatic carbocycles. The Labute approximate surface area is 127 Å². The van der Waals surface area contributed by atoms with E-state index >= 15 is 0 Å². The first-order chi connectivity index (χ1) is 9.61. The molecule has 0 unspecified atom stereocenters. The van der Waals surface area contributed by atoms with Gasteiger partial charge >= 0.3 is 0 Å². The van der Waals surface area contributed by atoms with Gasteiger partial charge in [-0.15, -0.1) is 0 Å². The van der Waals surface area contributed by atoms with Crippen molar-refractivity contribution in [2.45, 2.75) is 19.8 Å². The number of hydrogen-bond donors (Lipinski definition) is 0. The van der Waals surface area contributed by atoms with E-state index in [-0.39, 0.29) is 5.78 Å². The number of rotatable bonds is 5. The van der Waals surface area contributed by atoms with E-state index in [2.05, 4.69) is 15.9 Å². The second-order valence-corrected chi connectivity index (χ2v) is 5.55. The van der Waals surface area contributed by atoms with E-state index in [1.54, 1.807) is 7.11 Å². The summed E-state index contributed by atoms with van der Waals surface area (Å²) in [5.74, 6) is 0.997. The van der Waals surface area contributed by atoms with Crippen molar-refractivity contribution >= 4 is 21.7 Å². The van der Waals surface area contributed by atoms with E-state index in [1.807, 2.05) is 49.4 Å². The molecule has 2 nitrogen and oxygen atoms in total. The molecule has 0 saturated carbocycles. The Kier molecular flexibility index (Phi) is 4.96. The molecule has 0 aliphatic carbocycles. The lowest BCUT2D eigenvalue weighted by atomic mass is 9.99. The molecule has 0 spiro atoms. The quantitative estimate of drug-likeness (QED) is 0.749. The average Bonchev–Trinajstić information content (AvgIpc) is 2.46. The molecule has 104 valence electrons. The van der Waals surface area contributed by atoms with Gasteiger partial charge in [0.1, 0.15) is 5.75 Å². The van der Waals surface area contributed by atoms with Crippen LogP contribution in [0.25, 0.3) is 0 Å². The molecule has 0 aromatic heterocycles. The predicted octanol–water partition coefficient (Wildman–Crippen LogP) is 4.58. The zero-order valence-corrected chi connectivity index (χ0v) is 13.2. The first kappa shape index (κ1) is 14.8. The maximum Gasteiger partial charge on any atom is 0.163 e. The van der Waals surface area contributed by atoms with Crippen LogP contribution in [-0.2, 0) is 6.42 Å². The van der Waals surface area contributed by atoms with Gasteiger partial charge in [0.05, 0.1) is 7.11 Å². The fourth-order valence-electron chi connectivity index (χ4n) is 2.13. The van der Waals surface area contributed by atoms with Crippen LogP contribution in [0.1, 0.15) is 27.9 Å². The molecule has 0 aliphatic rings. The van der Waals surface area contributed by atoms with Gasteiger partial charge in [0.25, 0.3) is 0 Å². The number of halogens is 1. The van der Waals surface area contributed by atoms with Crippen molar-refractivity contribution in [3.63, 3.8) is 0 Å². The fraction of sp³-hybridized carbons (Fsp3) is 0.235. The number of carbonyl (C=O) groups is 1. The zero-order chi connectivity index (χ0) is 14.5. The van der Waals surface area contributed by atoms with Crippen LogP contribution < -0.4 is 4.74 Å². The van der Waals surface area contributed by atoms with Gasteiger partial charge in [0.15, 0.2) is 5.78 Å². The summed E-state index contributed by atoms with van der Waals surface area (Å²) in [5.41, 5.74) is 2.97. The van der Waals surface area contributed by atoms with Crippen molar-refractivity contribution in [2.75, 3.05) is 7.11 Å². The second kappa shape index (κ2) is 6.71. The minimum Gasteiger partial charge on any atom is -0.497 e. The maximum atomic E-state index is 12.2. The maximum absolute atomic E-state index is 12.2. The fourth-order valence-corrected chi connectivity index (χ4v) is 2.68. The molecule has 0 aliphatic heterocycles. The van der Waals surface area contributed by atoms with Crippen molar-refractivity contribution in [2.24, 2.45) is 0 Å². The van der Waals surface area contributed by atoms with E-state index < -0.39 is 0 Å². The van der Waals surface area contributed by atoms with Gasteiger partial charge < -0.3 is 4.74 Å². The second-order valence-electron chi connectivity index (χ2n) is 4.70. The SMILES string of the molecule is COc1ccc(CCC(=O)c2ccccc2C)c(Br)c1. The summed E-state index contributed by atoms with van der Waals surface area (Å²) in [6.07, 6.45) is 1.23. The van der Waals surface area contributed by atoms with Gasteiger partial charge in [0.2, 0.25) is 0 Å². The van der Waals surface area contributed by atoms with Crippen LogP contribution >= 0.6 is 15.9 Å². The lowest BCUT2D eigenvalue weighted by Crippen LogP contribution is -2.03. The Hall–Kier alpha value is -1.61. The summed E-state index contributed by atoms with van der Waals surface area (Å²) in [4.78, 5) is 12.2. The summed E-state index contributed by atoms with van der Waals surface area (Å²) in [5, 5.41) is 0. The molecule has 2 aromatic rings. The molecule has 0 saturated heterocycles. The number of hydrogen-bond acceptors (Lipinski definition) is 2. The summed E-state index contributed by atoms with van der Waals surface area (Å²) in [6, 6.07) is 13.5. The summed E-state index contributed by atoms with van der Waals surface area (Å²) in [6.45, 7) is 1.97. The number of Topliss-reactive ketones (excluding diaryl/α,β-unsaturated/α-hetero) is 1. The predicted molar refractivity (Wildman–Crippen MR) is 84.5 cm³/mol. The number of carbonyl (C=O) groups excluding carboxylic acids is 1. The van der Waals surface area contributed by atoms with E-state index in [0.29, 0.717) is 6.42 Å². The van der Waals surface area contributed by atoms with Gasteiger partial charge in [-0.05, 0) is 36.6 Å². The number of benzene rings is 2. The molecule has 0 atom stereocenters. The van der Waals surface area contributed by atoms with E-state index in [9.17, 15) is 4.79 Å². The Morgan fingerprint density at radius 3 is 2.60 bits per heavy atom. The molecule has 0 bridgehead atoms. The topological polar surface area (TPSA) is 26.3 Å². The van der Waals surface area contributed by atoms with Gasteiger partial charge in [-0.1, -0.05) is 46.3 Å². The van der Waals surface area contributed by atoms with Gasteiger partial charge in [0, 0.05) is 16.5 Å². The van der Waals surface area contributed by atoms with Crippen molar-refractivity contribution < 1.29 is 9.53 Å². The molecule has 0 heterocycles. The monoisotopic (exact) mass is 332 g/mol. The van der Waals surface area contributed by atoms with Crippen LogP contribution in [0.15, 0.2) is 46.9 Å². The largest absolute Gasteiger partial charge is 0.497 e. The van der Waals surface area contributed by atoms with Crippen LogP contribution in [-0.4, -0.2) is 12.9 Å². The molecule has 20 heavy (non-hydrogen) atoms. The molecule has 0 N–H and O–H groups in total. The van der Waals surface area contributed by atoms with E-state index in [4.69, 9.17) is 4.74 Å². The first-order valence-electron chi connectivity index (χ1n) is 6.53. The van der Waals surface area contributed by atoms with Crippen LogP contribution in [0.3, 0.4) is 0 Å². The van der Waals surface area contributed by atoms with Crippen molar-refractivity contribution in [3.8, 4) is 5.75 Å². The molecule has 0 radical (unpaired) electrons. The highest BCUT2D eigenvalue weighted by Crippen LogP contribution is 2.24. The zero-order valence-electron chi connectivity index (χ0n) is 11.7. The number of ether oxygens (including phenoxy) is 1. The number of ketones is 1. The molecule has 2 rings (SSSR count). The first-order valence-corrected chi connectivity index (χ1v) is 7.32. The van der Waals surface area contributed by atoms with Crippen molar-refractivity contribution in [1.29, 1.82) is 0 Å². The number of aryl methyl sites for hydroxylation is 2. The van der Waals surface area contributed by atoms with Crippen molar-refractivity contribution in [1.82, 2.24) is 0 Å². The average molecular weight is 333 g/mol. The van der Waals surface area contributed by atoms with Gasteiger partial charge in [-0.2, -0.15) is 0 Å². The van der Waals surface area contributed by atoms with E-state index in [1.165, 1.54) is 0 Å². The third-order valence-electron chi connectivity index (χ3n) is 3.33. The van der Waals surface area contributed by atoms with E-state index in [0.717, 1.165) is 33.3 Å². The number of methoxy groups -OCH3 is 1. The molecular formula is C17H17BrO2. The molecular weight excluding hydrogens is 316 g/mol.